The van der Waals surface area contributed by atoms with Crippen molar-refractivity contribution in [1.29, 1.82) is 0 Å². The van der Waals surface area contributed by atoms with E-state index in [0.29, 0.717) is 22.5 Å². The number of H-pyrrole nitrogens is 1. The maximum atomic E-state index is 13.1. The largest absolute Gasteiger partial charge is 0.309 e. The highest BCUT2D eigenvalue weighted by Gasteiger charge is 2.12. The molecular weight excluding hydrogens is 347 g/mol. The number of nitrogens with zero attached hydrogens (tertiary/aromatic N) is 1. The molecular formula is C17H15FN2O2S2. The first kappa shape index (κ1) is 16.9. The number of Topliss-reactive ketones (excluding diaryl/α,β-unsaturated/α-hetero) is 1. The highest BCUT2D eigenvalue weighted by molar-refractivity contribution is 7.99. The Bertz CT molecular complexity index is 978. The fourth-order valence-corrected chi connectivity index (χ4v) is 4.19. The van der Waals surface area contributed by atoms with Crippen molar-refractivity contribution in [2.24, 2.45) is 0 Å². The van der Waals surface area contributed by atoms with Crippen LogP contribution in [0.3, 0.4) is 0 Å². The van der Waals surface area contributed by atoms with Crippen LogP contribution in [0.15, 0.2) is 29.1 Å². The van der Waals surface area contributed by atoms with Gasteiger partial charge in [-0.1, -0.05) is 12.1 Å². The lowest BCUT2D eigenvalue weighted by molar-refractivity contribution is 0.102. The van der Waals surface area contributed by atoms with Crippen molar-refractivity contribution in [3.05, 3.63) is 62.3 Å². The Morgan fingerprint density at radius 1 is 1.38 bits per heavy atom. The van der Waals surface area contributed by atoms with E-state index in [2.05, 4.69) is 9.97 Å². The first-order valence-electron chi connectivity index (χ1n) is 7.31. The summed E-state index contributed by atoms with van der Waals surface area (Å²) in [6.45, 7) is 3.88. The quantitative estimate of drug-likeness (QED) is 0.700. The van der Waals surface area contributed by atoms with Crippen molar-refractivity contribution in [3.8, 4) is 0 Å². The van der Waals surface area contributed by atoms with Crippen molar-refractivity contribution in [2.75, 3.05) is 5.75 Å². The summed E-state index contributed by atoms with van der Waals surface area (Å²) >= 11 is 2.84. The average Bonchev–Trinajstić information content (AvgIpc) is 2.82. The number of thiophene rings is 1. The Morgan fingerprint density at radius 2 is 2.17 bits per heavy atom. The van der Waals surface area contributed by atoms with Crippen LogP contribution in [0.1, 0.15) is 26.6 Å². The summed E-state index contributed by atoms with van der Waals surface area (Å²) in [6.07, 6.45) is 0. The van der Waals surface area contributed by atoms with Gasteiger partial charge in [-0.15, -0.1) is 23.1 Å². The van der Waals surface area contributed by atoms with E-state index >= 15 is 0 Å². The molecule has 124 valence electrons. The number of hydrogen-bond donors (Lipinski definition) is 1. The van der Waals surface area contributed by atoms with Gasteiger partial charge in [0.15, 0.2) is 5.78 Å². The molecule has 3 aromatic rings. The van der Waals surface area contributed by atoms with Crippen LogP contribution in [-0.4, -0.2) is 21.5 Å². The SMILES string of the molecule is Cc1sc2nc(CSCC(=O)c3cccc(F)c3)[nH]c(=O)c2c1C. The molecule has 7 heteroatoms. The van der Waals surface area contributed by atoms with Crippen molar-refractivity contribution >= 4 is 39.1 Å². The van der Waals surface area contributed by atoms with Crippen LogP contribution >= 0.6 is 23.1 Å². The second-order valence-corrected chi connectivity index (χ2v) is 7.59. The molecule has 1 aromatic carbocycles. The molecule has 0 fully saturated rings. The van der Waals surface area contributed by atoms with E-state index in [0.717, 1.165) is 15.3 Å². The van der Waals surface area contributed by atoms with Gasteiger partial charge in [-0.25, -0.2) is 9.37 Å². The standard InChI is InChI=1S/C17H15FN2O2S2/c1-9-10(2)24-17-15(9)16(22)19-14(20-17)8-23-7-13(21)11-4-3-5-12(18)6-11/h3-6H,7-8H2,1-2H3,(H,19,20,22). The lowest BCUT2D eigenvalue weighted by atomic mass is 10.1. The second kappa shape index (κ2) is 6.86. The minimum Gasteiger partial charge on any atom is -0.309 e. The van der Waals surface area contributed by atoms with Crippen LogP contribution in [0, 0.1) is 19.7 Å². The lowest BCUT2D eigenvalue weighted by Gasteiger charge is -2.02. The fraction of sp³-hybridized carbons (Fsp3) is 0.235. The first-order chi connectivity index (χ1) is 11.5. The van der Waals surface area contributed by atoms with Crippen LogP contribution in [-0.2, 0) is 5.75 Å². The third-order valence-corrected chi connectivity index (χ3v) is 5.75. The molecule has 1 N–H and O–H groups in total. The molecule has 0 aliphatic heterocycles. The molecule has 0 aliphatic carbocycles. The zero-order chi connectivity index (χ0) is 17.3. The number of benzene rings is 1. The number of aryl methyl sites for hydroxylation is 2. The van der Waals surface area contributed by atoms with Crippen LogP contribution in [0.5, 0.6) is 0 Å². The number of hydrogen-bond acceptors (Lipinski definition) is 5. The molecule has 3 rings (SSSR count). The zero-order valence-corrected chi connectivity index (χ0v) is 14.8. The molecule has 0 atom stereocenters. The molecule has 24 heavy (non-hydrogen) atoms. The van der Waals surface area contributed by atoms with E-state index in [1.807, 2.05) is 13.8 Å². The van der Waals surface area contributed by atoms with Gasteiger partial charge in [-0.05, 0) is 31.5 Å². The number of carbonyl (C=O) groups is 1. The zero-order valence-electron chi connectivity index (χ0n) is 13.2. The molecule has 0 amide bonds. The minimum atomic E-state index is -0.425. The summed E-state index contributed by atoms with van der Waals surface area (Å²) in [7, 11) is 0. The molecule has 0 bridgehead atoms. The predicted octanol–water partition coefficient (Wildman–Crippen LogP) is 3.86. The summed E-state index contributed by atoms with van der Waals surface area (Å²) in [6, 6.07) is 5.64. The molecule has 0 saturated carbocycles. The Hall–Kier alpha value is -1.99. The smallest absolute Gasteiger partial charge is 0.259 e. The van der Waals surface area contributed by atoms with Gasteiger partial charge in [0.2, 0.25) is 0 Å². The van der Waals surface area contributed by atoms with E-state index in [1.54, 1.807) is 6.07 Å². The Morgan fingerprint density at radius 3 is 2.92 bits per heavy atom. The number of halogens is 1. The number of thioether (sulfide) groups is 1. The van der Waals surface area contributed by atoms with Crippen LogP contribution in [0.4, 0.5) is 4.39 Å². The van der Waals surface area contributed by atoms with Crippen molar-refractivity contribution < 1.29 is 9.18 Å². The molecule has 4 nitrogen and oxygen atoms in total. The van der Waals surface area contributed by atoms with Crippen molar-refractivity contribution in [3.63, 3.8) is 0 Å². The van der Waals surface area contributed by atoms with Crippen LogP contribution in [0.25, 0.3) is 10.2 Å². The molecule has 0 spiro atoms. The van der Waals surface area contributed by atoms with Crippen molar-refractivity contribution in [1.82, 2.24) is 9.97 Å². The summed E-state index contributed by atoms with van der Waals surface area (Å²) in [5.74, 6) is 0.595. The molecule has 0 saturated heterocycles. The molecule has 2 aromatic heterocycles. The van der Waals surface area contributed by atoms with Gasteiger partial charge >= 0.3 is 0 Å². The van der Waals surface area contributed by atoms with Gasteiger partial charge in [0, 0.05) is 10.4 Å². The lowest BCUT2D eigenvalue weighted by Crippen LogP contribution is -2.11. The molecule has 2 heterocycles. The Labute approximate surface area is 146 Å². The number of ketones is 1. The van der Waals surface area contributed by atoms with Gasteiger partial charge < -0.3 is 4.98 Å². The highest BCUT2D eigenvalue weighted by atomic mass is 32.2. The van der Waals surface area contributed by atoms with E-state index in [9.17, 15) is 14.0 Å². The van der Waals surface area contributed by atoms with Gasteiger partial charge in [-0.3, -0.25) is 9.59 Å². The number of aromatic nitrogens is 2. The maximum absolute atomic E-state index is 13.1. The topological polar surface area (TPSA) is 62.8 Å². The second-order valence-electron chi connectivity index (χ2n) is 5.40. The minimum absolute atomic E-state index is 0.145. The number of nitrogens with one attached hydrogen (secondary N) is 1. The van der Waals surface area contributed by atoms with Crippen molar-refractivity contribution in [2.45, 2.75) is 19.6 Å². The molecule has 0 unspecified atom stereocenters. The Kier molecular flexibility index (Phi) is 4.82. The number of fused-ring (bicyclic) bond motifs is 1. The van der Waals surface area contributed by atoms with Crippen LogP contribution < -0.4 is 5.56 Å². The van der Waals surface area contributed by atoms with E-state index in [-0.39, 0.29) is 17.1 Å². The van der Waals surface area contributed by atoms with E-state index in [4.69, 9.17) is 0 Å². The Balaban J connectivity index is 1.70. The fourth-order valence-electron chi connectivity index (χ4n) is 2.35. The molecule has 0 aliphatic rings. The summed E-state index contributed by atoms with van der Waals surface area (Å²) in [4.78, 5) is 33.3. The average molecular weight is 362 g/mol. The van der Waals surface area contributed by atoms with Gasteiger partial charge in [-0.2, -0.15) is 0 Å². The highest BCUT2D eigenvalue weighted by Crippen LogP contribution is 2.26. The summed E-state index contributed by atoms with van der Waals surface area (Å²) in [5, 5.41) is 0.641. The maximum Gasteiger partial charge on any atom is 0.259 e. The first-order valence-corrected chi connectivity index (χ1v) is 9.28. The summed E-state index contributed by atoms with van der Waals surface area (Å²) in [5.41, 5.74) is 1.17. The van der Waals surface area contributed by atoms with Gasteiger partial charge in [0.25, 0.3) is 5.56 Å². The van der Waals surface area contributed by atoms with E-state index < -0.39 is 5.82 Å². The third kappa shape index (κ3) is 3.42. The number of carbonyl (C=O) groups excluding carboxylic acids is 1. The van der Waals surface area contributed by atoms with Gasteiger partial charge in [0.05, 0.1) is 16.9 Å². The van der Waals surface area contributed by atoms with Crippen LogP contribution in [0.2, 0.25) is 0 Å². The summed E-state index contributed by atoms with van der Waals surface area (Å²) < 4.78 is 13.1. The normalized spacial score (nSPS) is 11.1. The third-order valence-electron chi connectivity index (χ3n) is 3.71. The number of rotatable bonds is 5. The number of aromatic amines is 1. The molecule has 0 radical (unpaired) electrons. The predicted molar refractivity (Wildman–Crippen MR) is 96.6 cm³/mol. The van der Waals surface area contributed by atoms with E-state index in [1.165, 1.54) is 41.3 Å². The monoisotopic (exact) mass is 362 g/mol. The van der Waals surface area contributed by atoms with Gasteiger partial charge in [0.1, 0.15) is 16.5 Å².